The molecule has 0 aliphatic rings. The number of hydrogen-bond acceptors (Lipinski definition) is 2. The van der Waals surface area contributed by atoms with Crippen LogP contribution in [-0.4, -0.2) is 14.5 Å². The van der Waals surface area contributed by atoms with Crippen LogP contribution in [0.5, 0.6) is 0 Å². The number of aryl methyl sites for hydroxylation is 1. The van der Waals surface area contributed by atoms with Crippen molar-refractivity contribution >= 4 is 16.6 Å². The third kappa shape index (κ3) is 1.90. The Balaban J connectivity index is 2.77. The minimum atomic E-state index is -0.0961. The molecule has 0 aliphatic heterocycles. The normalized spacial score (nSPS) is 12.3. The van der Waals surface area contributed by atoms with E-state index in [2.05, 4.69) is 29.9 Å². The minimum Gasteiger partial charge on any atom is -0.305 e. The largest absolute Gasteiger partial charge is 0.326 e. The molecule has 0 aliphatic carbocycles. The molecule has 0 amide bonds. The van der Waals surface area contributed by atoms with E-state index < -0.39 is 0 Å². The van der Waals surface area contributed by atoms with Gasteiger partial charge in [0.25, 0.3) is 0 Å². The summed E-state index contributed by atoms with van der Waals surface area (Å²) >= 11 is 0. The second kappa shape index (κ2) is 4.57. The Kier molecular flexibility index (Phi) is 3.13. The Hall–Kier alpha value is -1.84. The van der Waals surface area contributed by atoms with E-state index in [-0.39, 0.29) is 5.69 Å². The maximum atomic E-state index is 11.6. The maximum absolute atomic E-state index is 11.6. The molecule has 0 bridgehead atoms. The fraction of sp³-hybridized carbons (Fsp3) is 0.385. The van der Waals surface area contributed by atoms with Crippen molar-refractivity contribution < 1.29 is 0 Å². The first-order chi connectivity index (χ1) is 8.19. The average Bonchev–Trinajstić information content (AvgIpc) is 2.62. The molecular formula is C13H17N3O. The van der Waals surface area contributed by atoms with Crippen LogP contribution < -0.4 is 5.69 Å². The van der Waals surface area contributed by atoms with Crippen LogP contribution in [0.2, 0.25) is 0 Å². The van der Waals surface area contributed by atoms with Gasteiger partial charge >= 0.3 is 5.69 Å². The van der Waals surface area contributed by atoms with Crippen LogP contribution in [0.15, 0.2) is 23.1 Å². The topological polar surface area (TPSA) is 50.7 Å². The van der Waals surface area contributed by atoms with Crippen molar-refractivity contribution in [2.45, 2.75) is 26.7 Å². The number of rotatable bonds is 3. The molecular weight excluding hydrogens is 214 g/mol. The molecule has 0 aromatic carbocycles. The molecule has 2 aromatic heterocycles. The summed E-state index contributed by atoms with van der Waals surface area (Å²) in [7, 11) is 1.77. The summed E-state index contributed by atoms with van der Waals surface area (Å²) in [4.78, 5) is 18.9. The summed E-state index contributed by atoms with van der Waals surface area (Å²) in [6, 6.07) is 1.83. The third-order valence-corrected chi connectivity index (χ3v) is 2.94. The molecule has 17 heavy (non-hydrogen) atoms. The number of aromatic nitrogens is 3. The molecule has 0 atom stereocenters. The summed E-state index contributed by atoms with van der Waals surface area (Å²) in [5, 5.41) is 0. The van der Waals surface area contributed by atoms with Gasteiger partial charge in [-0.3, -0.25) is 9.55 Å². The molecule has 90 valence electrons. The van der Waals surface area contributed by atoms with E-state index >= 15 is 0 Å². The van der Waals surface area contributed by atoms with Gasteiger partial charge in [-0.05, 0) is 24.5 Å². The molecule has 0 saturated carbocycles. The molecule has 2 heterocycles. The number of hydrogen-bond donors (Lipinski definition) is 1. The molecule has 4 nitrogen and oxygen atoms in total. The summed E-state index contributed by atoms with van der Waals surface area (Å²) in [5.74, 6) is 0. The highest BCUT2D eigenvalue weighted by molar-refractivity contribution is 5.87. The van der Waals surface area contributed by atoms with E-state index in [0.29, 0.717) is 0 Å². The highest BCUT2D eigenvalue weighted by atomic mass is 16.1. The minimum absolute atomic E-state index is 0.0961. The standard InChI is InChI=1S/C13H17N3O/c1-4-6-9(5-2)11-12-10(7-8-14-11)15-13(17)16(12)3/h6-8H,4-5H2,1-3H3,(H,15,17)/b9-6+. The third-order valence-electron chi connectivity index (χ3n) is 2.94. The van der Waals surface area contributed by atoms with E-state index in [4.69, 9.17) is 0 Å². The average molecular weight is 231 g/mol. The maximum Gasteiger partial charge on any atom is 0.326 e. The lowest BCUT2D eigenvalue weighted by molar-refractivity contribution is 0.887. The zero-order chi connectivity index (χ0) is 12.4. The quantitative estimate of drug-likeness (QED) is 0.882. The second-order valence-corrected chi connectivity index (χ2v) is 4.04. The van der Waals surface area contributed by atoms with Crippen LogP contribution in [0.1, 0.15) is 32.4 Å². The van der Waals surface area contributed by atoms with Crippen LogP contribution in [0.4, 0.5) is 0 Å². The predicted octanol–water partition coefficient (Wildman–Crippen LogP) is 2.46. The molecule has 0 unspecified atom stereocenters. The summed E-state index contributed by atoms with van der Waals surface area (Å²) < 4.78 is 1.62. The van der Waals surface area contributed by atoms with Gasteiger partial charge in [-0.25, -0.2) is 4.79 Å². The summed E-state index contributed by atoms with van der Waals surface area (Å²) in [6.45, 7) is 4.21. The monoisotopic (exact) mass is 231 g/mol. The zero-order valence-electron chi connectivity index (χ0n) is 10.4. The predicted molar refractivity (Wildman–Crippen MR) is 69.9 cm³/mol. The van der Waals surface area contributed by atoms with Crippen LogP contribution in [0.25, 0.3) is 16.6 Å². The molecule has 0 saturated heterocycles. The number of aromatic amines is 1. The summed E-state index contributed by atoms with van der Waals surface area (Å²) in [6.07, 6.45) is 5.80. The van der Waals surface area contributed by atoms with Crippen LogP contribution in [0.3, 0.4) is 0 Å². The molecule has 0 spiro atoms. The first kappa shape index (κ1) is 11.6. The Labute approximate surface area is 100.0 Å². The molecule has 0 radical (unpaired) electrons. The first-order valence-electron chi connectivity index (χ1n) is 5.92. The van der Waals surface area contributed by atoms with Crippen molar-refractivity contribution in [2.24, 2.45) is 7.05 Å². The Morgan fingerprint density at radius 2 is 2.29 bits per heavy atom. The molecule has 0 fully saturated rings. The van der Waals surface area contributed by atoms with Crippen molar-refractivity contribution in [3.8, 4) is 0 Å². The van der Waals surface area contributed by atoms with Crippen molar-refractivity contribution in [3.05, 3.63) is 34.5 Å². The number of H-pyrrole nitrogens is 1. The van der Waals surface area contributed by atoms with Gasteiger partial charge in [-0.2, -0.15) is 0 Å². The number of nitrogens with zero attached hydrogens (tertiary/aromatic N) is 2. The van der Waals surface area contributed by atoms with Crippen molar-refractivity contribution in [1.82, 2.24) is 14.5 Å². The highest BCUT2D eigenvalue weighted by Crippen LogP contribution is 2.23. The van der Waals surface area contributed by atoms with Gasteiger partial charge in [0.05, 0.1) is 16.7 Å². The van der Waals surface area contributed by atoms with Crippen LogP contribution >= 0.6 is 0 Å². The number of imidazole rings is 1. The smallest absolute Gasteiger partial charge is 0.305 e. The van der Waals surface area contributed by atoms with Gasteiger partial charge in [0.2, 0.25) is 0 Å². The van der Waals surface area contributed by atoms with Crippen molar-refractivity contribution in [2.75, 3.05) is 0 Å². The van der Waals surface area contributed by atoms with E-state index in [1.807, 2.05) is 6.07 Å². The van der Waals surface area contributed by atoms with Gasteiger partial charge in [-0.15, -0.1) is 0 Å². The van der Waals surface area contributed by atoms with E-state index in [0.717, 1.165) is 29.6 Å². The molecule has 1 N–H and O–H groups in total. The Morgan fingerprint density at radius 1 is 1.53 bits per heavy atom. The van der Waals surface area contributed by atoms with E-state index in [1.165, 1.54) is 5.57 Å². The van der Waals surface area contributed by atoms with Gasteiger partial charge in [0.15, 0.2) is 0 Å². The van der Waals surface area contributed by atoms with Gasteiger partial charge in [0.1, 0.15) is 0 Å². The first-order valence-corrected chi connectivity index (χ1v) is 5.92. The lowest BCUT2D eigenvalue weighted by Crippen LogP contribution is -2.12. The fourth-order valence-electron chi connectivity index (χ4n) is 2.08. The molecule has 4 heteroatoms. The summed E-state index contributed by atoms with van der Waals surface area (Å²) in [5.41, 5.74) is 3.73. The van der Waals surface area contributed by atoms with Crippen molar-refractivity contribution in [1.29, 1.82) is 0 Å². The number of fused-ring (bicyclic) bond motifs is 1. The van der Waals surface area contributed by atoms with E-state index in [1.54, 1.807) is 17.8 Å². The van der Waals surface area contributed by atoms with Crippen LogP contribution in [0, 0.1) is 0 Å². The number of allylic oxidation sites excluding steroid dienone is 2. The number of nitrogens with one attached hydrogen (secondary N) is 1. The Bertz CT molecular complexity index is 619. The lowest BCUT2D eigenvalue weighted by Gasteiger charge is -2.06. The Morgan fingerprint density at radius 3 is 2.94 bits per heavy atom. The highest BCUT2D eigenvalue weighted by Gasteiger charge is 2.11. The molecule has 2 aromatic rings. The zero-order valence-corrected chi connectivity index (χ0v) is 10.4. The second-order valence-electron chi connectivity index (χ2n) is 4.04. The molecule has 2 rings (SSSR count). The SMILES string of the molecule is CC/C=C(\CC)c1nccc2[nH]c(=O)n(C)c12. The fourth-order valence-corrected chi connectivity index (χ4v) is 2.08. The van der Waals surface area contributed by atoms with Crippen molar-refractivity contribution in [3.63, 3.8) is 0 Å². The number of pyridine rings is 1. The van der Waals surface area contributed by atoms with Gasteiger partial charge in [-0.1, -0.05) is 19.9 Å². The van der Waals surface area contributed by atoms with E-state index in [9.17, 15) is 4.79 Å². The lowest BCUT2D eigenvalue weighted by atomic mass is 10.1. The van der Waals surface area contributed by atoms with Gasteiger partial charge in [0, 0.05) is 13.2 Å². The van der Waals surface area contributed by atoms with Gasteiger partial charge < -0.3 is 4.98 Å². The van der Waals surface area contributed by atoms with Crippen LogP contribution in [-0.2, 0) is 7.05 Å².